The maximum atomic E-state index is 11.3. The van der Waals surface area contributed by atoms with Gasteiger partial charge in [0.25, 0.3) is 0 Å². The number of hydrogen-bond acceptors (Lipinski definition) is 4. The first-order valence-corrected chi connectivity index (χ1v) is 5.36. The molecule has 0 atom stereocenters. The molecule has 0 saturated carbocycles. The number of benzene rings is 1. The molecular formula is C12H14N2O3. The van der Waals surface area contributed by atoms with E-state index < -0.39 is 0 Å². The number of aryl methyl sites for hydroxylation is 1. The number of hydrogen-bond donors (Lipinski definition) is 1. The van der Waals surface area contributed by atoms with Crippen molar-refractivity contribution < 1.29 is 9.21 Å². The Hall–Kier alpha value is -1.88. The molecular weight excluding hydrogens is 220 g/mol. The van der Waals surface area contributed by atoms with Crippen LogP contribution in [-0.4, -0.2) is 16.9 Å². The lowest BCUT2D eigenvalue weighted by molar-refractivity contribution is -0.116. The van der Waals surface area contributed by atoms with Crippen molar-refractivity contribution in [3.05, 3.63) is 34.3 Å². The summed E-state index contributed by atoms with van der Waals surface area (Å²) in [6, 6.07) is 5.55. The summed E-state index contributed by atoms with van der Waals surface area (Å²) >= 11 is 0. The van der Waals surface area contributed by atoms with E-state index in [1.54, 1.807) is 7.05 Å². The molecule has 1 heterocycles. The molecule has 1 aromatic heterocycles. The number of fused-ring (bicyclic) bond motifs is 1. The highest BCUT2D eigenvalue weighted by Crippen LogP contribution is 2.13. The fourth-order valence-corrected chi connectivity index (χ4v) is 1.67. The monoisotopic (exact) mass is 234 g/mol. The van der Waals surface area contributed by atoms with Gasteiger partial charge in [-0.1, -0.05) is 6.07 Å². The van der Waals surface area contributed by atoms with E-state index in [0.29, 0.717) is 18.7 Å². The molecule has 0 aliphatic rings. The molecule has 0 aliphatic carbocycles. The van der Waals surface area contributed by atoms with E-state index in [-0.39, 0.29) is 11.5 Å². The largest absolute Gasteiger partial charge is 0.419 e. The SMILES string of the molecule is CC(=O)CNCc1ccc2c(c1)oc(=O)n2C. The summed E-state index contributed by atoms with van der Waals surface area (Å²) in [5, 5.41) is 3.01. The number of carbonyl (C=O) groups excluding carboxylic acids is 1. The second-order valence-electron chi connectivity index (χ2n) is 4.03. The van der Waals surface area contributed by atoms with Crippen LogP contribution in [0.1, 0.15) is 12.5 Å². The van der Waals surface area contributed by atoms with Crippen LogP contribution in [0, 0.1) is 0 Å². The lowest BCUT2D eigenvalue weighted by Gasteiger charge is -2.02. The van der Waals surface area contributed by atoms with Crippen LogP contribution in [0.5, 0.6) is 0 Å². The van der Waals surface area contributed by atoms with Crippen molar-refractivity contribution in [1.29, 1.82) is 0 Å². The van der Waals surface area contributed by atoms with Crippen molar-refractivity contribution >= 4 is 16.9 Å². The molecule has 5 heteroatoms. The maximum Gasteiger partial charge on any atom is 0.419 e. The topological polar surface area (TPSA) is 64.2 Å². The number of nitrogens with one attached hydrogen (secondary N) is 1. The van der Waals surface area contributed by atoms with Crippen LogP contribution in [0.15, 0.2) is 27.4 Å². The first-order chi connectivity index (χ1) is 8.08. The molecule has 90 valence electrons. The molecule has 0 aliphatic heterocycles. The molecule has 0 radical (unpaired) electrons. The Morgan fingerprint density at radius 2 is 2.24 bits per heavy atom. The highest BCUT2D eigenvalue weighted by molar-refractivity contribution is 5.77. The molecule has 5 nitrogen and oxygen atoms in total. The zero-order valence-electron chi connectivity index (χ0n) is 9.82. The average Bonchev–Trinajstić information content (AvgIpc) is 2.54. The summed E-state index contributed by atoms with van der Waals surface area (Å²) in [6.07, 6.45) is 0. The summed E-state index contributed by atoms with van der Waals surface area (Å²) in [6.45, 7) is 2.46. The third-order valence-corrected chi connectivity index (χ3v) is 2.56. The van der Waals surface area contributed by atoms with Crippen LogP contribution in [0.3, 0.4) is 0 Å². The van der Waals surface area contributed by atoms with Crippen LogP contribution in [0.4, 0.5) is 0 Å². The normalized spacial score (nSPS) is 10.9. The van der Waals surface area contributed by atoms with Gasteiger partial charge in [-0.3, -0.25) is 9.36 Å². The highest BCUT2D eigenvalue weighted by Gasteiger charge is 2.06. The first-order valence-electron chi connectivity index (χ1n) is 5.36. The molecule has 2 rings (SSSR count). The molecule has 0 spiro atoms. The predicted octanol–water partition coefficient (Wildman–Crippen LogP) is 0.810. The second kappa shape index (κ2) is 4.55. The van der Waals surface area contributed by atoms with Gasteiger partial charge in [-0.15, -0.1) is 0 Å². The number of carbonyl (C=O) groups is 1. The van der Waals surface area contributed by atoms with Gasteiger partial charge in [-0.2, -0.15) is 0 Å². The standard InChI is InChI=1S/C12H14N2O3/c1-8(15)6-13-7-9-3-4-10-11(5-9)17-12(16)14(10)2/h3-5,13H,6-7H2,1-2H3. The Bertz CT molecular complexity index is 610. The Morgan fingerprint density at radius 1 is 1.47 bits per heavy atom. The minimum atomic E-state index is -0.367. The van der Waals surface area contributed by atoms with Crippen molar-refractivity contribution in [1.82, 2.24) is 9.88 Å². The minimum Gasteiger partial charge on any atom is -0.408 e. The quantitative estimate of drug-likeness (QED) is 0.850. The molecule has 0 amide bonds. The molecule has 2 aromatic rings. The molecule has 1 aromatic carbocycles. The van der Waals surface area contributed by atoms with E-state index in [0.717, 1.165) is 11.1 Å². The van der Waals surface area contributed by atoms with Crippen LogP contribution < -0.4 is 11.1 Å². The van der Waals surface area contributed by atoms with Gasteiger partial charge < -0.3 is 9.73 Å². The Labute approximate surface area is 98.0 Å². The molecule has 0 unspecified atom stereocenters. The fourth-order valence-electron chi connectivity index (χ4n) is 1.67. The van der Waals surface area contributed by atoms with E-state index in [4.69, 9.17) is 4.42 Å². The van der Waals surface area contributed by atoms with Crippen molar-refractivity contribution in [3.8, 4) is 0 Å². The van der Waals surface area contributed by atoms with Gasteiger partial charge in [0.2, 0.25) is 0 Å². The zero-order valence-corrected chi connectivity index (χ0v) is 9.82. The van der Waals surface area contributed by atoms with Crippen LogP contribution >= 0.6 is 0 Å². The lowest BCUT2D eigenvalue weighted by Crippen LogP contribution is -2.20. The number of nitrogens with zero attached hydrogens (tertiary/aromatic N) is 1. The fraction of sp³-hybridized carbons (Fsp3) is 0.333. The molecule has 17 heavy (non-hydrogen) atoms. The highest BCUT2D eigenvalue weighted by atomic mass is 16.4. The third-order valence-electron chi connectivity index (χ3n) is 2.56. The van der Waals surface area contributed by atoms with Crippen LogP contribution in [-0.2, 0) is 18.4 Å². The van der Waals surface area contributed by atoms with E-state index in [2.05, 4.69) is 5.32 Å². The van der Waals surface area contributed by atoms with Crippen LogP contribution in [0.25, 0.3) is 11.1 Å². The number of rotatable bonds is 4. The predicted molar refractivity (Wildman–Crippen MR) is 63.8 cm³/mol. The van der Waals surface area contributed by atoms with Gasteiger partial charge in [-0.05, 0) is 24.6 Å². The molecule has 0 fully saturated rings. The van der Waals surface area contributed by atoms with Gasteiger partial charge in [0.1, 0.15) is 5.78 Å². The smallest absolute Gasteiger partial charge is 0.408 e. The van der Waals surface area contributed by atoms with E-state index >= 15 is 0 Å². The van der Waals surface area contributed by atoms with E-state index in [1.165, 1.54) is 11.5 Å². The summed E-state index contributed by atoms with van der Waals surface area (Å²) in [7, 11) is 1.67. The number of oxazole rings is 1. The minimum absolute atomic E-state index is 0.0947. The average molecular weight is 234 g/mol. The van der Waals surface area contributed by atoms with E-state index in [9.17, 15) is 9.59 Å². The third kappa shape index (κ3) is 2.45. The van der Waals surface area contributed by atoms with Gasteiger partial charge >= 0.3 is 5.76 Å². The Morgan fingerprint density at radius 3 is 2.94 bits per heavy atom. The number of Topliss-reactive ketones (excluding diaryl/α,β-unsaturated/α-hetero) is 1. The van der Waals surface area contributed by atoms with Gasteiger partial charge in [0.05, 0.1) is 12.1 Å². The Kier molecular flexibility index (Phi) is 3.10. The van der Waals surface area contributed by atoms with Crippen molar-refractivity contribution in [2.75, 3.05) is 6.54 Å². The van der Waals surface area contributed by atoms with Gasteiger partial charge in [-0.25, -0.2) is 4.79 Å². The molecule has 0 bridgehead atoms. The van der Waals surface area contributed by atoms with E-state index in [1.807, 2.05) is 18.2 Å². The first kappa shape index (κ1) is 11.6. The lowest BCUT2D eigenvalue weighted by atomic mass is 10.2. The van der Waals surface area contributed by atoms with Gasteiger partial charge in [0, 0.05) is 13.6 Å². The second-order valence-corrected chi connectivity index (χ2v) is 4.03. The van der Waals surface area contributed by atoms with Crippen molar-refractivity contribution in [3.63, 3.8) is 0 Å². The Balaban J connectivity index is 2.20. The summed E-state index contributed by atoms with van der Waals surface area (Å²) in [5.74, 6) is -0.272. The summed E-state index contributed by atoms with van der Waals surface area (Å²) in [4.78, 5) is 22.1. The number of aromatic nitrogens is 1. The zero-order chi connectivity index (χ0) is 12.4. The maximum absolute atomic E-state index is 11.3. The summed E-state index contributed by atoms with van der Waals surface area (Å²) < 4.78 is 6.54. The molecule has 1 N–H and O–H groups in total. The number of ketones is 1. The van der Waals surface area contributed by atoms with Crippen LogP contribution in [0.2, 0.25) is 0 Å². The molecule has 0 saturated heterocycles. The van der Waals surface area contributed by atoms with Crippen molar-refractivity contribution in [2.24, 2.45) is 7.05 Å². The summed E-state index contributed by atoms with van der Waals surface area (Å²) in [5.41, 5.74) is 2.32. The van der Waals surface area contributed by atoms with Crippen molar-refractivity contribution in [2.45, 2.75) is 13.5 Å². The van der Waals surface area contributed by atoms with Gasteiger partial charge in [0.15, 0.2) is 5.58 Å².